The summed E-state index contributed by atoms with van der Waals surface area (Å²) in [5, 5.41) is 6.78. The SMILES string of the molecule is C/C(=C\c1cc(F)cc(F)c1)C(=O)ONC(=N)N.Cl. The van der Waals surface area contributed by atoms with E-state index in [1.807, 2.05) is 5.48 Å². The van der Waals surface area contributed by atoms with E-state index >= 15 is 0 Å². The fraction of sp³-hybridized carbons (Fsp3) is 0.0909. The molecule has 1 aromatic carbocycles. The van der Waals surface area contributed by atoms with Crippen molar-refractivity contribution in [2.75, 3.05) is 0 Å². The molecular formula is C11H12ClF2N3O2. The minimum absolute atomic E-state index is 0. The number of guanidine groups is 1. The third-order valence-corrected chi connectivity index (χ3v) is 1.84. The highest BCUT2D eigenvalue weighted by molar-refractivity contribution is 5.93. The van der Waals surface area contributed by atoms with Crippen LogP contribution in [0.15, 0.2) is 23.8 Å². The van der Waals surface area contributed by atoms with Gasteiger partial charge in [0.1, 0.15) is 11.6 Å². The van der Waals surface area contributed by atoms with Crippen molar-refractivity contribution >= 4 is 30.4 Å². The van der Waals surface area contributed by atoms with Gasteiger partial charge in [0, 0.05) is 11.6 Å². The number of benzene rings is 1. The van der Waals surface area contributed by atoms with E-state index in [1.54, 1.807) is 0 Å². The van der Waals surface area contributed by atoms with Gasteiger partial charge in [0.15, 0.2) is 0 Å². The van der Waals surface area contributed by atoms with Crippen molar-refractivity contribution < 1.29 is 18.4 Å². The largest absolute Gasteiger partial charge is 0.368 e. The first-order chi connectivity index (χ1) is 8.38. The minimum atomic E-state index is -0.810. The van der Waals surface area contributed by atoms with Gasteiger partial charge in [-0.15, -0.1) is 12.4 Å². The maximum atomic E-state index is 12.9. The molecule has 104 valence electrons. The van der Waals surface area contributed by atoms with Gasteiger partial charge in [0.05, 0.1) is 0 Å². The number of nitrogens with two attached hydrogens (primary N) is 1. The molecule has 0 aliphatic rings. The smallest absolute Gasteiger partial charge is 0.358 e. The lowest BCUT2D eigenvalue weighted by Crippen LogP contribution is -2.32. The minimum Gasteiger partial charge on any atom is -0.368 e. The van der Waals surface area contributed by atoms with Gasteiger partial charge in [-0.05, 0) is 30.7 Å². The summed E-state index contributed by atoms with van der Waals surface area (Å²) >= 11 is 0. The molecule has 0 heterocycles. The number of rotatable bonds is 2. The quantitative estimate of drug-likeness (QED) is 0.335. The molecule has 0 spiro atoms. The third kappa shape index (κ3) is 5.82. The second-order valence-corrected chi connectivity index (χ2v) is 3.44. The van der Waals surface area contributed by atoms with E-state index in [4.69, 9.17) is 11.1 Å². The standard InChI is InChI=1S/C11H11F2N3O2.ClH/c1-6(10(17)18-16-11(14)15)2-7-3-8(12)5-9(13)4-7;/h2-5H,1H3,(H4,14,15,16);1H/b6-2+;. The maximum Gasteiger partial charge on any atom is 0.358 e. The average molecular weight is 292 g/mol. The number of hydrogen-bond acceptors (Lipinski definition) is 3. The summed E-state index contributed by atoms with van der Waals surface area (Å²) in [6.45, 7) is 1.40. The molecule has 1 rings (SSSR count). The summed E-state index contributed by atoms with van der Waals surface area (Å²) < 4.78 is 25.8. The van der Waals surface area contributed by atoms with Crippen LogP contribution in [-0.2, 0) is 9.63 Å². The predicted molar refractivity (Wildman–Crippen MR) is 68.4 cm³/mol. The van der Waals surface area contributed by atoms with Crippen molar-refractivity contribution in [3.63, 3.8) is 0 Å². The molecule has 0 bridgehead atoms. The molecule has 1 aromatic rings. The zero-order valence-electron chi connectivity index (χ0n) is 9.87. The molecular weight excluding hydrogens is 280 g/mol. The monoisotopic (exact) mass is 291 g/mol. The van der Waals surface area contributed by atoms with Gasteiger partial charge in [0.2, 0.25) is 5.96 Å². The Morgan fingerprint density at radius 2 is 1.89 bits per heavy atom. The van der Waals surface area contributed by atoms with Crippen molar-refractivity contribution in [2.24, 2.45) is 5.73 Å². The van der Waals surface area contributed by atoms with Crippen LogP contribution in [0.2, 0.25) is 0 Å². The van der Waals surface area contributed by atoms with E-state index in [-0.39, 0.29) is 23.5 Å². The molecule has 0 unspecified atom stereocenters. The molecule has 5 nitrogen and oxygen atoms in total. The van der Waals surface area contributed by atoms with Crippen molar-refractivity contribution in [3.8, 4) is 0 Å². The topological polar surface area (TPSA) is 88.2 Å². The zero-order valence-corrected chi connectivity index (χ0v) is 10.7. The Morgan fingerprint density at radius 1 is 1.37 bits per heavy atom. The van der Waals surface area contributed by atoms with Gasteiger partial charge in [-0.3, -0.25) is 5.41 Å². The second kappa shape index (κ2) is 7.32. The lowest BCUT2D eigenvalue weighted by atomic mass is 10.1. The highest BCUT2D eigenvalue weighted by atomic mass is 35.5. The van der Waals surface area contributed by atoms with Gasteiger partial charge in [0.25, 0.3) is 0 Å². The normalized spacial score (nSPS) is 10.4. The summed E-state index contributed by atoms with van der Waals surface area (Å²) in [6, 6.07) is 2.86. The van der Waals surface area contributed by atoms with Gasteiger partial charge in [-0.2, -0.15) is 5.48 Å². The van der Waals surface area contributed by atoms with Crippen LogP contribution >= 0.6 is 12.4 Å². The lowest BCUT2D eigenvalue weighted by molar-refractivity contribution is -0.142. The molecule has 0 aliphatic heterocycles. The molecule has 4 N–H and O–H groups in total. The number of carbonyl (C=O) groups excluding carboxylic acids is 1. The maximum absolute atomic E-state index is 12.9. The molecule has 8 heteroatoms. The van der Waals surface area contributed by atoms with E-state index < -0.39 is 23.6 Å². The van der Waals surface area contributed by atoms with E-state index in [0.717, 1.165) is 18.2 Å². The number of hydroxylamine groups is 1. The first-order valence-electron chi connectivity index (χ1n) is 4.84. The zero-order chi connectivity index (χ0) is 13.7. The van der Waals surface area contributed by atoms with Crippen LogP contribution < -0.4 is 11.2 Å². The summed E-state index contributed by atoms with van der Waals surface area (Å²) in [7, 11) is 0. The highest BCUT2D eigenvalue weighted by Crippen LogP contribution is 2.12. The Morgan fingerprint density at radius 3 is 2.37 bits per heavy atom. The van der Waals surface area contributed by atoms with E-state index in [0.29, 0.717) is 0 Å². The van der Waals surface area contributed by atoms with E-state index in [2.05, 4.69) is 4.84 Å². The molecule has 0 aliphatic carbocycles. The second-order valence-electron chi connectivity index (χ2n) is 3.44. The summed E-state index contributed by atoms with van der Waals surface area (Å²) in [5.41, 5.74) is 7.04. The molecule has 0 amide bonds. The number of nitrogens with one attached hydrogen (secondary N) is 2. The van der Waals surface area contributed by atoms with Crippen LogP contribution in [0.1, 0.15) is 12.5 Å². The lowest BCUT2D eigenvalue weighted by Gasteiger charge is -2.04. The van der Waals surface area contributed by atoms with Gasteiger partial charge >= 0.3 is 5.97 Å². The molecule has 0 saturated carbocycles. The summed E-state index contributed by atoms with van der Waals surface area (Å²) in [6.07, 6.45) is 1.25. The van der Waals surface area contributed by atoms with Crippen LogP contribution in [0.5, 0.6) is 0 Å². The Hall–Kier alpha value is -2.15. The predicted octanol–water partition coefficient (Wildman–Crippen LogP) is 1.73. The average Bonchev–Trinajstić information content (AvgIpc) is 2.24. The van der Waals surface area contributed by atoms with Crippen LogP contribution in [0.3, 0.4) is 0 Å². The first kappa shape index (κ1) is 16.9. The molecule has 0 fully saturated rings. The number of hydrogen-bond donors (Lipinski definition) is 3. The molecule has 0 aromatic heterocycles. The Kier molecular flexibility index (Phi) is 6.49. The Labute approximate surface area is 114 Å². The van der Waals surface area contributed by atoms with E-state index in [1.165, 1.54) is 13.0 Å². The third-order valence-electron chi connectivity index (χ3n) is 1.84. The molecule has 0 atom stereocenters. The molecule has 0 saturated heterocycles. The Bertz CT molecular complexity index is 500. The van der Waals surface area contributed by atoms with Crippen LogP contribution in [0, 0.1) is 17.0 Å². The number of halogens is 3. The van der Waals surface area contributed by atoms with Crippen LogP contribution in [-0.4, -0.2) is 11.9 Å². The molecule has 0 radical (unpaired) electrons. The number of carbonyl (C=O) groups is 1. The summed E-state index contributed by atoms with van der Waals surface area (Å²) in [4.78, 5) is 15.7. The summed E-state index contributed by atoms with van der Waals surface area (Å²) in [5.74, 6) is -2.84. The first-order valence-corrected chi connectivity index (χ1v) is 4.84. The highest BCUT2D eigenvalue weighted by Gasteiger charge is 2.07. The fourth-order valence-corrected chi connectivity index (χ4v) is 1.15. The van der Waals surface area contributed by atoms with Crippen molar-refractivity contribution in [1.29, 1.82) is 5.41 Å². The van der Waals surface area contributed by atoms with E-state index in [9.17, 15) is 13.6 Å². The van der Waals surface area contributed by atoms with Crippen molar-refractivity contribution in [3.05, 3.63) is 41.0 Å². The fourth-order valence-electron chi connectivity index (χ4n) is 1.15. The molecule has 19 heavy (non-hydrogen) atoms. The van der Waals surface area contributed by atoms with Gasteiger partial charge in [-0.1, -0.05) is 0 Å². The van der Waals surface area contributed by atoms with Gasteiger partial charge < -0.3 is 10.6 Å². The van der Waals surface area contributed by atoms with Gasteiger partial charge in [-0.25, -0.2) is 13.6 Å². The van der Waals surface area contributed by atoms with Crippen LogP contribution in [0.4, 0.5) is 8.78 Å². The van der Waals surface area contributed by atoms with Crippen molar-refractivity contribution in [1.82, 2.24) is 5.48 Å². The van der Waals surface area contributed by atoms with Crippen molar-refractivity contribution in [2.45, 2.75) is 6.92 Å². The Balaban J connectivity index is 0.00000324. The van der Waals surface area contributed by atoms with Crippen LogP contribution in [0.25, 0.3) is 6.08 Å².